The molecule has 2 aromatic carbocycles. The van der Waals surface area contributed by atoms with Gasteiger partial charge in [0.15, 0.2) is 5.78 Å². The Morgan fingerprint density at radius 3 is 1.44 bits per heavy atom. The molecule has 0 spiro atoms. The van der Waals surface area contributed by atoms with Gasteiger partial charge in [-0.15, -0.1) is 0 Å². The normalized spacial score (nSPS) is 11.4. The van der Waals surface area contributed by atoms with Crippen molar-refractivity contribution in [1.29, 1.82) is 0 Å². The molecular formula is C43H58F2I2N6O10. The number of nitrogens with one attached hydrogen (secondary N) is 1. The number of hydroxylamine groups is 1. The summed E-state index contributed by atoms with van der Waals surface area (Å²) in [4.78, 5) is 84.3. The van der Waals surface area contributed by atoms with E-state index in [0.29, 0.717) is 22.3 Å². The zero-order chi connectivity index (χ0) is 48.0. The molecule has 1 amide bonds. The summed E-state index contributed by atoms with van der Waals surface area (Å²) in [5, 5.41) is 0. The molecule has 4 rings (SSSR count). The number of amides is 1. The second-order valence-electron chi connectivity index (χ2n) is 15.9. The summed E-state index contributed by atoms with van der Waals surface area (Å²) in [5.41, 5.74) is -0.0716. The topological polar surface area (TPSA) is 197 Å². The molecule has 0 saturated heterocycles. The summed E-state index contributed by atoms with van der Waals surface area (Å²) >= 11 is 3.98. The monoisotopic (exact) mass is 1110 g/mol. The maximum Gasteiger partial charge on any atom is 0.330 e. The van der Waals surface area contributed by atoms with E-state index in [9.17, 15) is 37.5 Å². The molecule has 63 heavy (non-hydrogen) atoms. The average Bonchev–Trinajstić information content (AvgIpc) is 3.17. The number of carbonyl (C=O) groups excluding carboxylic acids is 2. The Hall–Kier alpha value is -3.94. The summed E-state index contributed by atoms with van der Waals surface area (Å²) in [5.74, 6) is 2.62. The SMILES string of the molecule is CC(C)(C)OCCON.CCn1c(=O)c(C(=O)NOCCOC(C)(C)C)c(Cc2ccc(I)cc2F)n(C)c1=O.CCn1c(=O)c(C(C)=O)c(Cc2ccc(I)cc2F)n(C)c1=O. The highest BCUT2D eigenvalue weighted by Crippen LogP contribution is 2.19. The predicted molar refractivity (Wildman–Crippen MR) is 252 cm³/mol. The van der Waals surface area contributed by atoms with Crippen molar-refractivity contribution in [1.82, 2.24) is 23.7 Å². The highest BCUT2D eigenvalue weighted by molar-refractivity contribution is 14.1. The zero-order valence-electron chi connectivity index (χ0n) is 37.6. The van der Waals surface area contributed by atoms with Crippen LogP contribution in [0.4, 0.5) is 8.78 Å². The van der Waals surface area contributed by atoms with E-state index in [0.717, 1.165) is 12.7 Å². The lowest BCUT2D eigenvalue weighted by atomic mass is 10.0. The maximum absolute atomic E-state index is 14.4. The van der Waals surface area contributed by atoms with Gasteiger partial charge in [0.25, 0.3) is 17.0 Å². The molecule has 0 saturated carbocycles. The number of benzene rings is 2. The molecule has 0 fully saturated rings. The number of nitrogens with two attached hydrogens (primary N) is 1. The Balaban J connectivity index is 0.000000373. The Kier molecular flexibility index (Phi) is 21.8. The number of hydrogen-bond acceptors (Lipinski definition) is 11. The Morgan fingerprint density at radius 2 is 1.08 bits per heavy atom. The predicted octanol–water partition coefficient (Wildman–Crippen LogP) is 5.17. The van der Waals surface area contributed by atoms with Crippen LogP contribution in [-0.2, 0) is 59.2 Å². The van der Waals surface area contributed by atoms with Gasteiger partial charge < -0.3 is 14.3 Å². The number of nitrogens with zero attached hydrogens (tertiary/aromatic N) is 4. The van der Waals surface area contributed by atoms with Crippen LogP contribution in [-0.4, -0.2) is 67.6 Å². The summed E-state index contributed by atoms with van der Waals surface area (Å²) in [6.45, 7) is 17.8. The van der Waals surface area contributed by atoms with Gasteiger partial charge in [0.05, 0.1) is 37.6 Å². The maximum atomic E-state index is 14.4. The lowest BCUT2D eigenvalue weighted by molar-refractivity contribution is -0.0512. The lowest BCUT2D eigenvalue weighted by Crippen LogP contribution is -2.45. The molecule has 0 bridgehead atoms. The number of aromatic nitrogens is 4. The smallest absolute Gasteiger partial charge is 0.330 e. The fourth-order valence-corrected chi connectivity index (χ4v) is 6.72. The fraction of sp³-hybridized carbons (Fsp3) is 0.488. The zero-order valence-corrected chi connectivity index (χ0v) is 41.9. The Morgan fingerprint density at radius 1 is 0.683 bits per heavy atom. The van der Waals surface area contributed by atoms with Gasteiger partial charge in [-0.05, 0) is 143 Å². The van der Waals surface area contributed by atoms with Crippen LogP contribution in [0.3, 0.4) is 0 Å². The quantitative estimate of drug-likeness (QED) is 0.0690. The van der Waals surface area contributed by atoms with Gasteiger partial charge in [-0.3, -0.25) is 42.3 Å². The van der Waals surface area contributed by atoms with Crippen molar-refractivity contribution in [3.05, 3.63) is 130 Å². The molecule has 0 aliphatic heterocycles. The molecule has 0 aliphatic rings. The minimum atomic E-state index is -0.806. The van der Waals surface area contributed by atoms with E-state index < -0.39 is 45.8 Å². The third-order valence-corrected chi connectivity index (χ3v) is 10.3. The van der Waals surface area contributed by atoms with Crippen molar-refractivity contribution in [2.24, 2.45) is 20.0 Å². The first-order chi connectivity index (χ1) is 29.3. The van der Waals surface area contributed by atoms with Crippen LogP contribution in [0.25, 0.3) is 0 Å². The van der Waals surface area contributed by atoms with Crippen LogP contribution < -0.4 is 33.9 Å². The molecule has 16 nitrogen and oxygen atoms in total. The summed E-state index contributed by atoms with van der Waals surface area (Å²) in [6.07, 6.45) is -0.104. The van der Waals surface area contributed by atoms with E-state index in [1.807, 2.05) is 86.7 Å². The van der Waals surface area contributed by atoms with Crippen LogP contribution in [0, 0.1) is 18.8 Å². The number of ether oxygens (including phenoxy) is 2. The van der Waals surface area contributed by atoms with Crippen LogP contribution in [0.5, 0.6) is 0 Å². The molecule has 3 N–H and O–H groups in total. The molecule has 0 radical (unpaired) electrons. The van der Waals surface area contributed by atoms with Crippen LogP contribution in [0.1, 0.15) is 106 Å². The summed E-state index contributed by atoms with van der Waals surface area (Å²) in [7, 11) is 2.93. The van der Waals surface area contributed by atoms with E-state index >= 15 is 0 Å². The number of halogens is 4. The lowest BCUT2D eigenvalue weighted by Gasteiger charge is -2.19. The van der Waals surface area contributed by atoms with E-state index in [1.54, 1.807) is 38.1 Å². The number of ketones is 1. The highest BCUT2D eigenvalue weighted by atomic mass is 127. The molecule has 0 atom stereocenters. The van der Waals surface area contributed by atoms with E-state index in [1.165, 1.54) is 42.3 Å². The van der Waals surface area contributed by atoms with Crippen molar-refractivity contribution in [3.63, 3.8) is 0 Å². The minimum Gasteiger partial charge on any atom is -0.373 e. The van der Waals surface area contributed by atoms with Crippen molar-refractivity contribution >= 4 is 56.9 Å². The first kappa shape index (κ1) is 55.2. The molecule has 2 aromatic heterocycles. The van der Waals surface area contributed by atoms with Crippen LogP contribution in [0.2, 0.25) is 0 Å². The summed E-state index contributed by atoms with van der Waals surface area (Å²) in [6, 6.07) is 9.32. The van der Waals surface area contributed by atoms with Gasteiger partial charge in [-0.2, -0.15) is 0 Å². The van der Waals surface area contributed by atoms with Crippen LogP contribution >= 0.6 is 45.2 Å². The third kappa shape index (κ3) is 16.5. The van der Waals surface area contributed by atoms with Gasteiger partial charge in [0, 0.05) is 58.6 Å². The fourth-order valence-electron chi connectivity index (χ4n) is 5.82. The average molecular weight is 1110 g/mol. The van der Waals surface area contributed by atoms with Crippen molar-refractivity contribution in [2.75, 3.05) is 26.4 Å². The highest BCUT2D eigenvalue weighted by Gasteiger charge is 2.25. The van der Waals surface area contributed by atoms with Crippen LogP contribution in [0.15, 0.2) is 55.6 Å². The molecule has 20 heteroatoms. The first-order valence-electron chi connectivity index (χ1n) is 19.9. The minimum absolute atomic E-state index is 0.00318. The standard InChI is InChI=1S/C21H27FIN3O5.C16H16FIN2O3.C6H15NO2/c1-6-26-19(28)17(18(27)24-31-10-9-30-21(2,3)4)16(25(5)20(26)29)11-13-7-8-14(23)12-15(13)22;1-4-20-15(22)14(9(2)21)13(19(3)16(20)23)7-10-5-6-11(18)8-12(10)17;1-6(2,3)8-4-5-9-7/h7-8,12H,6,9-11H2,1-5H3,(H,24,27);5-6,8H,4,7H2,1-3H3;4-5,7H2,1-3H3. The van der Waals surface area contributed by atoms with Gasteiger partial charge in [0.1, 0.15) is 22.8 Å². The number of carbonyl (C=O) groups is 2. The number of Topliss-reactive ketones (excluding diaryl/α,β-unsaturated/α-hetero) is 1. The Bertz CT molecular complexity index is 2470. The summed E-state index contributed by atoms with van der Waals surface area (Å²) < 4.78 is 45.1. The van der Waals surface area contributed by atoms with Gasteiger partial charge in [0.2, 0.25) is 0 Å². The van der Waals surface area contributed by atoms with Gasteiger partial charge in [-0.25, -0.2) is 29.7 Å². The van der Waals surface area contributed by atoms with Gasteiger partial charge >= 0.3 is 11.4 Å². The largest absolute Gasteiger partial charge is 0.373 e. The number of hydrogen-bond donors (Lipinski definition) is 2. The van der Waals surface area contributed by atoms with Crippen molar-refractivity contribution < 1.29 is 37.5 Å². The number of rotatable bonds is 15. The Labute approximate surface area is 392 Å². The van der Waals surface area contributed by atoms with Gasteiger partial charge in [-0.1, -0.05) is 12.1 Å². The molecule has 0 unspecified atom stereocenters. The van der Waals surface area contributed by atoms with E-state index in [4.69, 9.17) is 20.2 Å². The molecule has 2 heterocycles. The molecule has 0 aliphatic carbocycles. The molecular weight excluding hydrogens is 1050 g/mol. The molecule has 348 valence electrons. The first-order valence-corrected chi connectivity index (χ1v) is 22.0. The van der Waals surface area contributed by atoms with E-state index in [-0.39, 0.29) is 78.4 Å². The second kappa shape index (κ2) is 24.9. The molecule has 4 aromatic rings. The van der Waals surface area contributed by atoms with Crippen molar-refractivity contribution in [2.45, 2.75) is 99.4 Å². The van der Waals surface area contributed by atoms with Crippen molar-refractivity contribution in [3.8, 4) is 0 Å². The third-order valence-electron chi connectivity index (χ3n) is 8.92. The second-order valence-corrected chi connectivity index (χ2v) is 18.4. The van der Waals surface area contributed by atoms with E-state index in [2.05, 4.69) is 10.3 Å².